The summed E-state index contributed by atoms with van der Waals surface area (Å²) >= 11 is 5.87. The van der Waals surface area contributed by atoms with Gasteiger partial charge in [0.2, 0.25) is 0 Å². The number of hydrogen-bond donors (Lipinski definition) is 1. The first kappa shape index (κ1) is 14.8. The number of nitrogens with one attached hydrogen (secondary N) is 1. The summed E-state index contributed by atoms with van der Waals surface area (Å²) in [5, 5.41) is 3.68. The molecule has 1 fully saturated rings. The lowest BCUT2D eigenvalue weighted by molar-refractivity contribution is 0.205. The largest absolute Gasteiger partial charge is 0.317 e. The standard InChI is InChI=1S/C16H23ClFN/c1-3-11-5-7-16(19-2)13(8-11)9-12-4-6-15(18)14(17)10-12/h4,6,10-11,13,16,19H,3,5,7-9H2,1-2H3. The van der Waals surface area contributed by atoms with Crippen LogP contribution in [0, 0.1) is 17.7 Å². The monoisotopic (exact) mass is 283 g/mol. The zero-order valence-electron chi connectivity index (χ0n) is 11.8. The van der Waals surface area contributed by atoms with Crippen LogP contribution in [0.4, 0.5) is 4.39 Å². The van der Waals surface area contributed by atoms with E-state index in [1.54, 1.807) is 6.07 Å². The molecule has 3 unspecified atom stereocenters. The van der Waals surface area contributed by atoms with Crippen LogP contribution in [0.5, 0.6) is 0 Å². The molecule has 0 aliphatic heterocycles. The second kappa shape index (κ2) is 6.71. The summed E-state index contributed by atoms with van der Waals surface area (Å²) in [5.41, 5.74) is 1.15. The lowest BCUT2D eigenvalue weighted by atomic mass is 9.74. The molecule has 1 aromatic carbocycles. The summed E-state index contributed by atoms with van der Waals surface area (Å²) in [6, 6.07) is 5.70. The highest BCUT2D eigenvalue weighted by atomic mass is 35.5. The topological polar surface area (TPSA) is 12.0 Å². The van der Waals surface area contributed by atoms with Gasteiger partial charge in [-0.05, 0) is 62.3 Å². The Morgan fingerprint density at radius 3 is 2.79 bits per heavy atom. The highest BCUT2D eigenvalue weighted by Gasteiger charge is 2.28. The lowest BCUT2D eigenvalue weighted by Gasteiger charge is -2.36. The van der Waals surface area contributed by atoms with Gasteiger partial charge in [0.25, 0.3) is 0 Å². The van der Waals surface area contributed by atoms with Gasteiger partial charge in [-0.2, -0.15) is 0 Å². The molecule has 106 valence electrons. The number of hydrogen-bond acceptors (Lipinski definition) is 1. The SMILES string of the molecule is CCC1CCC(NC)C(Cc2ccc(F)c(Cl)c2)C1. The van der Waals surface area contributed by atoms with Crippen molar-refractivity contribution in [2.45, 2.75) is 45.1 Å². The molecule has 0 aromatic heterocycles. The Labute approximate surface area is 120 Å². The Bertz CT molecular complexity index is 421. The first-order valence-electron chi connectivity index (χ1n) is 7.25. The van der Waals surface area contributed by atoms with Crippen molar-refractivity contribution in [1.29, 1.82) is 0 Å². The van der Waals surface area contributed by atoms with Crippen molar-refractivity contribution < 1.29 is 4.39 Å². The zero-order valence-corrected chi connectivity index (χ0v) is 12.5. The first-order chi connectivity index (χ1) is 9.13. The molecule has 3 atom stereocenters. The van der Waals surface area contributed by atoms with Gasteiger partial charge in [0.1, 0.15) is 5.82 Å². The van der Waals surface area contributed by atoms with Gasteiger partial charge in [-0.3, -0.25) is 0 Å². The van der Waals surface area contributed by atoms with Crippen molar-refractivity contribution in [3.05, 3.63) is 34.6 Å². The van der Waals surface area contributed by atoms with Gasteiger partial charge in [-0.15, -0.1) is 0 Å². The molecule has 0 saturated heterocycles. The van der Waals surface area contributed by atoms with Crippen LogP contribution in [0.15, 0.2) is 18.2 Å². The first-order valence-corrected chi connectivity index (χ1v) is 7.63. The van der Waals surface area contributed by atoms with Gasteiger partial charge in [0, 0.05) is 6.04 Å². The summed E-state index contributed by atoms with van der Waals surface area (Å²) in [5.74, 6) is 1.14. The minimum absolute atomic E-state index is 0.237. The van der Waals surface area contributed by atoms with E-state index in [-0.39, 0.29) is 10.8 Å². The molecule has 2 rings (SSSR count). The molecule has 19 heavy (non-hydrogen) atoms. The fraction of sp³-hybridized carbons (Fsp3) is 0.625. The van der Waals surface area contributed by atoms with E-state index in [9.17, 15) is 4.39 Å². The Balaban J connectivity index is 2.07. The lowest BCUT2D eigenvalue weighted by Crippen LogP contribution is -2.39. The van der Waals surface area contributed by atoms with E-state index in [0.29, 0.717) is 12.0 Å². The van der Waals surface area contributed by atoms with Crippen molar-refractivity contribution >= 4 is 11.6 Å². The van der Waals surface area contributed by atoms with E-state index >= 15 is 0 Å². The van der Waals surface area contributed by atoms with Crippen molar-refractivity contribution in [1.82, 2.24) is 5.32 Å². The summed E-state index contributed by atoms with van der Waals surface area (Å²) in [6.07, 6.45) is 6.08. The average Bonchev–Trinajstić information content (AvgIpc) is 2.43. The van der Waals surface area contributed by atoms with Crippen LogP contribution in [0.25, 0.3) is 0 Å². The van der Waals surface area contributed by atoms with Gasteiger partial charge in [0.05, 0.1) is 5.02 Å². The van der Waals surface area contributed by atoms with Crippen molar-refractivity contribution in [3.63, 3.8) is 0 Å². The minimum Gasteiger partial charge on any atom is -0.317 e. The maximum Gasteiger partial charge on any atom is 0.141 e. The van der Waals surface area contributed by atoms with Gasteiger partial charge in [-0.25, -0.2) is 4.39 Å². The molecule has 1 aromatic rings. The van der Waals surface area contributed by atoms with E-state index < -0.39 is 0 Å². The molecule has 0 spiro atoms. The number of rotatable bonds is 4. The summed E-state index contributed by atoms with van der Waals surface area (Å²) < 4.78 is 13.2. The second-order valence-electron chi connectivity index (χ2n) is 5.70. The highest BCUT2D eigenvalue weighted by molar-refractivity contribution is 6.30. The summed E-state index contributed by atoms with van der Waals surface area (Å²) in [7, 11) is 2.04. The third-order valence-corrected chi connectivity index (χ3v) is 4.81. The number of benzene rings is 1. The maximum absolute atomic E-state index is 13.2. The van der Waals surface area contributed by atoms with E-state index in [1.807, 2.05) is 13.1 Å². The van der Waals surface area contributed by atoms with Gasteiger partial charge in [-0.1, -0.05) is 31.0 Å². The van der Waals surface area contributed by atoms with Crippen molar-refractivity contribution in [2.75, 3.05) is 7.05 Å². The molecular weight excluding hydrogens is 261 g/mol. The Morgan fingerprint density at radius 2 is 2.16 bits per heavy atom. The smallest absolute Gasteiger partial charge is 0.141 e. The maximum atomic E-state index is 13.2. The normalized spacial score (nSPS) is 27.5. The summed E-state index contributed by atoms with van der Waals surface area (Å²) in [6.45, 7) is 2.27. The third-order valence-electron chi connectivity index (χ3n) is 4.52. The molecule has 0 radical (unpaired) electrons. The molecular formula is C16H23ClFN. The fourth-order valence-corrected chi connectivity index (χ4v) is 3.51. The zero-order chi connectivity index (χ0) is 13.8. The van der Waals surface area contributed by atoms with E-state index in [4.69, 9.17) is 11.6 Å². The van der Waals surface area contributed by atoms with Gasteiger partial charge in [0.15, 0.2) is 0 Å². The van der Waals surface area contributed by atoms with Crippen LogP contribution in [0.1, 0.15) is 38.2 Å². The van der Waals surface area contributed by atoms with Gasteiger partial charge >= 0.3 is 0 Å². The Kier molecular flexibility index (Phi) is 5.23. The predicted molar refractivity (Wildman–Crippen MR) is 79.1 cm³/mol. The molecule has 0 bridgehead atoms. The van der Waals surface area contributed by atoms with Crippen LogP contribution < -0.4 is 5.32 Å². The highest BCUT2D eigenvalue weighted by Crippen LogP contribution is 2.33. The van der Waals surface area contributed by atoms with E-state index in [2.05, 4.69) is 12.2 Å². The molecule has 1 N–H and O–H groups in total. The van der Waals surface area contributed by atoms with Crippen LogP contribution in [-0.4, -0.2) is 13.1 Å². The van der Waals surface area contributed by atoms with Crippen LogP contribution in [0.3, 0.4) is 0 Å². The van der Waals surface area contributed by atoms with E-state index in [0.717, 1.165) is 17.9 Å². The van der Waals surface area contributed by atoms with E-state index in [1.165, 1.54) is 31.7 Å². The van der Waals surface area contributed by atoms with Crippen LogP contribution >= 0.6 is 11.6 Å². The fourth-order valence-electron chi connectivity index (χ4n) is 3.31. The predicted octanol–water partition coefficient (Wildman–Crippen LogP) is 4.44. The minimum atomic E-state index is -0.328. The van der Waals surface area contributed by atoms with Crippen molar-refractivity contribution in [2.24, 2.45) is 11.8 Å². The summed E-state index contributed by atoms with van der Waals surface area (Å²) in [4.78, 5) is 0. The second-order valence-corrected chi connectivity index (χ2v) is 6.10. The molecule has 1 nitrogen and oxygen atoms in total. The molecule has 0 amide bonds. The number of halogens is 2. The molecule has 3 heteroatoms. The average molecular weight is 284 g/mol. The van der Waals surface area contributed by atoms with Crippen LogP contribution in [0.2, 0.25) is 5.02 Å². The van der Waals surface area contributed by atoms with Crippen molar-refractivity contribution in [3.8, 4) is 0 Å². The van der Waals surface area contributed by atoms with Crippen LogP contribution in [-0.2, 0) is 6.42 Å². The quantitative estimate of drug-likeness (QED) is 0.862. The molecule has 1 aliphatic rings. The van der Waals surface area contributed by atoms with Gasteiger partial charge < -0.3 is 5.32 Å². The third kappa shape index (κ3) is 3.70. The Morgan fingerprint density at radius 1 is 1.37 bits per heavy atom. The molecule has 0 heterocycles. The Hall–Kier alpha value is -0.600. The molecule has 1 saturated carbocycles. The molecule has 1 aliphatic carbocycles.